The summed E-state index contributed by atoms with van der Waals surface area (Å²) in [7, 11) is 1.45. The Balaban J connectivity index is 2.89. The van der Waals surface area contributed by atoms with Gasteiger partial charge in [0.1, 0.15) is 5.75 Å². The molecule has 7 nitrogen and oxygen atoms in total. The highest BCUT2D eigenvalue weighted by Gasteiger charge is 2.12. The molecule has 0 fully saturated rings. The number of rotatable bonds is 5. The first-order valence-electron chi connectivity index (χ1n) is 4.65. The third-order valence-electron chi connectivity index (χ3n) is 1.97. The molecule has 1 aromatic rings. The zero-order valence-corrected chi connectivity index (χ0v) is 9.00. The summed E-state index contributed by atoms with van der Waals surface area (Å²) >= 11 is 0. The average molecular weight is 238 g/mol. The molecule has 17 heavy (non-hydrogen) atoms. The van der Waals surface area contributed by atoms with Gasteiger partial charge in [-0.3, -0.25) is 19.7 Å². The number of hydrogen-bond donors (Lipinski definition) is 1. The van der Waals surface area contributed by atoms with Gasteiger partial charge < -0.3 is 10.1 Å². The van der Waals surface area contributed by atoms with Crippen LogP contribution in [-0.2, 0) is 4.79 Å². The number of nitro benzene ring substituents is 1. The summed E-state index contributed by atoms with van der Waals surface area (Å²) in [4.78, 5) is 31.5. The van der Waals surface area contributed by atoms with Crippen molar-refractivity contribution >= 4 is 17.9 Å². The number of non-ortho nitro benzene ring substituents is 1. The minimum atomic E-state index is -0.616. The Kier molecular flexibility index (Phi) is 4.15. The summed E-state index contributed by atoms with van der Waals surface area (Å²) < 4.78 is 5.05. The van der Waals surface area contributed by atoms with Gasteiger partial charge >= 0.3 is 0 Å². The van der Waals surface area contributed by atoms with Gasteiger partial charge in [-0.25, -0.2) is 0 Å². The lowest BCUT2D eigenvalue weighted by molar-refractivity contribution is -0.384. The molecule has 1 aromatic carbocycles. The van der Waals surface area contributed by atoms with Crippen molar-refractivity contribution in [3.63, 3.8) is 0 Å². The van der Waals surface area contributed by atoms with E-state index in [1.54, 1.807) is 0 Å². The maximum atomic E-state index is 10.9. The number of nitrogens with zero attached hydrogens (tertiary/aromatic N) is 1. The van der Waals surface area contributed by atoms with Crippen molar-refractivity contribution in [2.75, 3.05) is 13.7 Å². The normalized spacial score (nSPS) is 9.47. The molecule has 1 amide bonds. The van der Waals surface area contributed by atoms with Crippen LogP contribution in [0.4, 0.5) is 5.69 Å². The summed E-state index contributed by atoms with van der Waals surface area (Å²) in [6.07, 6.45) is 0.437. The van der Waals surface area contributed by atoms with Crippen LogP contribution in [0.5, 0.6) is 5.75 Å². The van der Waals surface area contributed by atoms with Gasteiger partial charge in [-0.1, -0.05) is 0 Å². The lowest BCUT2D eigenvalue weighted by Crippen LogP contribution is -2.25. The number of nitro groups is 1. The monoisotopic (exact) mass is 238 g/mol. The zero-order chi connectivity index (χ0) is 12.8. The summed E-state index contributed by atoms with van der Waals surface area (Å²) in [5.41, 5.74) is -0.178. The van der Waals surface area contributed by atoms with Gasteiger partial charge in [0.2, 0.25) is 0 Å². The Morgan fingerprint density at radius 1 is 1.59 bits per heavy atom. The maximum absolute atomic E-state index is 10.9. The van der Waals surface area contributed by atoms with Crippen LogP contribution in [0.1, 0.15) is 10.4 Å². The highest BCUT2D eigenvalue weighted by Crippen LogP contribution is 2.22. The largest absolute Gasteiger partial charge is 0.483 e. The fourth-order valence-electron chi connectivity index (χ4n) is 1.09. The second-order valence-corrected chi connectivity index (χ2v) is 3.06. The van der Waals surface area contributed by atoms with Crippen LogP contribution in [0.3, 0.4) is 0 Å². The van der Waals surface area contributed by atoms with Gasteiger partial charge in [-0.05, 0) is 6.07 Å². The lowest BCUT2D eigenvalue weighted by Gasteiger charge is -2.06. The maximum Gasteiger partial charge on any atom is 0.270 e. The Bertz CT molecular complexity index is 458. The number of nitrogens with one attached hydrogen (secondary N) is 1. The molecule has 0 bridgehead atoms. The van der Waals surface area contributed by atoms with Crippen molar-refractivity contribution in [2.45, 2.75) is 0 Å². The van der Waals surface area contributed by atoms with Crippen LogP contribution in [0.25, 0.3) is 0 Å². The van der Waals surface area contributed by atoms with Gasteiger partial charge in [-0.2, -0.15) is 0 Å². The van der Waals surface area contributed by atoms with E-state index >= 15 is 0 Å². The number of carbonyl (C=O) groups is 2. The molecule has 0 unspecified atom stereocenters. The van der Waals surface area contributed by atoms with Crippen LogP contribution < -0.4 is 10.1 Å². The quantitative estimate of drug-likeness (QED) is 0.458. The molecule has 0 atom stereocenters. The van der Waals surface area contributed by atoms with Gasteiger partial charge in [-0.15, -0.1) is 0 Å². The number of benzene rings is 1. The topological polar surface area (TPSA) is 98.5 Å². The van der Waals surface area contributed by atoms with Gasteiger partial charge in [0, 0.05) is 19.2 Å². The van der Waals surface area contributed by atoms with Crippen molar-refractivity contribution in [2.24, 2.45) is 0 Å². The fourth-order valence-corrected chi connectivity index (χ4v) is 1.09. The van der Waals surface area contributed by atoms with Crippen molar-refractivity contribution in [1.82, 2.24) is 5.32 Å². The third-order valence-corrected chi connectivity index (χ3v) is 1.97. The molecule has 0 aromatic heterocycles. The van der Waals surface area contributed by atoms with Crippen molar-refractivity contribution in [1.29, 1.82) is 0 Å². The van der Waals surface area contributed by atoms with E-state index < -0.39 is 4.92 Å². The van der Waals surface area contributed by atoms with Crippen LogP contribution in [0.2, 0.25) is 0 Å². The molecule has 90 valence electrons. The molecule has 0 aliphatic rings. The molecular weight excluding hydrogens is 228 g/mol. The predicted octanol–water partition coefficient (Wildman–Crippen LogP) is 0.532. The molecule has 0 saturated heterocycles. The van der Waals surface area contributed by atoms with Crippen LogP contribution in [-0.4, -0.2) is 30.8 Å². The Hall–Kier alpha value is -2.44. The van der Waals surface area contributed by atoms with E-state index in [0.29, 0.717) is 6.29 Å². The Morgan fingerprint density at radius 2 is 2.29 bits per heavy atom. The molecule has 0 radical (unpaired) electrons. The van der Waals surface area contributed by atoms with E-state index in [4.69, 9.17) is 4.74 Å². The van der Waals surface area contributed by atoms with Gasteiger partial charge in [0.15, 0.2) is 12.9 Å². The van der Waals surface area contributed by atoms with Crippen molar-refractivity contribution in [3.8, 4) is 5.75 Å². The second kappa shape index (κ2) is 5.59. The average Bonchev–Trinajstić information content (AvgIpc) is 2.35. The minimum Gasteiger partial charge on any atom is -0.483 e. The summed E-state index contributed by atoms with van der Waals surface area (Å²) in [5.74, 6) is -0.227. The van der Waals surface area contributed by atoms with E-state index in [-0.39, 0.29) is 29.5 Å². The number of hydrogen-bond acceptors (Lipinski definition) is 5. The molecular formula is C10H10N2O5. The Morgan fingerprint density at radius 3 is 2.82 bits per heavy atom. The number of amides is 1. The van der Waals surface area contributed by atoms with E-state index in [2.05, 4.69) is 5.32 Å². The Labute approximate surface area is 96.5 Å². The molecule has 0 spiro atoms. The van der Waals surface area contributed by atoms with Crippen molar-refractivity contribution in [3.05, 3.63) is 33.9 Å². The van der Waals surface area contributed by atoms with E-state index in [1.807, 2.05) is 0 Å². The second-order valence-electron chi connectivity index (χ2n) is 3.06. The molecule has 0 saturated carbocycles. The first-order valence-corrected chi connectivity index (χ1v) is 4.65. The first-order chi connectivity index (χ1) is 8.08. The first kappa shape index (κ1) is 12.6. The zero-order valence-electron chi connectivity index (χ0n) is 9.00. The molecule has 0 aliphatic heterocycles. The highest BCUT2D eigenvalue weighted by atomic mass is 16.6. The molecule has 0 aliphatic carbocycles. The van der Waals surface area contributed by atoms with Crippen LogP contribution in [0.15, 0.2) is 18.2 Å². The van der Waals surface area contributed by atoms with E-state index in [1.165, 1.54) is 19.2 Å². The number of aldehydes is 1. The smallest absolute Gasteiger partial charge is 0.270 e. The summed E-state index contributed by atoms with van der Waals surface area (Å²) in [6.45, 7) is -0.255. The van der Waals surface area contributed by atoms with Crippen LogP contribution >= 0.6 is 0 Å². The lowest BCUT2D eigenvalue weighted by atomic mass is 10.2. The van der Waals surface area contributed by atoms with E-state index in [9.17, 15) is 19.7 Å². The molecule has 1 N–H and O–H groups in total. The number of carbonyl (C=O) groups excluding carboxylic acids is 2. The van der Waals surface area contributed by atoms with Crippen LogP contribution in [0, 0.1) is 10.1 Å². The van der Waals surface area contributed by atoms with Gasteiger partial charge in [0.05, 0.1) is 10.5 Å². The molecule has 0 heterocycles. The summed E-state index contributed by atoms with van der Waals surface area (Å²) in [6, 6.07) is 3.57. The molecule has 7 heteroatoms. The van der Waals surface area contributed by atoms with Crippen molar-refractivity contribution < 1.29 is 19.2 Å². The fraction of sp³-hybridized carbons (Fsp3) is 0.200. The minimum absolute atomic E-state index is 0.0307. The standard InChI is InChI=1S/C10H10N2O5/c1-11-10(14)6-17-9-3-2-8(12(15)16)4-7(9)5-13/h2-5H,6H2,1H3,(H,11,14). The number of ether oxygens (including phenoxy) is 1. The highest BCUT2D eigenvalue weighted by molar-refractivity contribution is 5.81. The van der Waals surface area contributed by atoms with Gasteiger partial charge in [0.25, 0.3) is 11.6 Å². The predicted molar refractivity (Wildman–Crippen MR) is 58.0 cm³/mol. The molecule has 1 rings (SSSR count). The third kappa shape index (κ3) is 3.26. The SMILES string of the molecule is CNC(=O)COc1ccc([N+](=O)[O-])cc1C=O. The number of likely N-dealkylation sites (N-methyl/N-ethyl adjacent to an activating group) is 1. The van der Waals surface area contributed by atoms with E-state index in [0.717, 1.165) is 6.07 Å². The summed E-state index contributed by atoms with van der Waals surface area (Å²) in [5, 5.41) is 12.8.